The zero-order chi connectivity index (χ0) is 15.7. The SMILES string of the molecule is CC(C)(C)c1nc(Br)cc(NCC(C)(C)c2cccs2)n1. The summed E-state index contributed by atoms with van der Waals surface area (Å²) in [7, 11) is 0. The van der Waals surface area contributed by atoms with Gasteiger partial charge in [0, 0.05) is 28.3 Å². The number of thiophene rings is 1. The number of anilines is 1. The van der Waals surface area contributed by atoms with Crippen molar-refractivity contribution in [3.63, 3.8) is 0 Å². The normalized spacial score (nSPS) is 12.5. The Kier molecular flexibility index (Phi) is 4.73. The van der Waals surface area contributed by atoms with Gasteiger partial charge in [0.2, 0.25) is 0 Å². The lowest BCUT2D eigenvalue weighted by Gasteiger charge is -2.24. The van der Waals surface area contributed by atoms with Crippen molar-refractivity contribution in [2.45, 2.75) is 45.4 Å². The molecule has 0 saturated heterocycles. The van der Waals surface area contributed by atoms with Gasteiger partial charge in [-0.15, -0.1) is 11.3 Å². The van der Waals surface area contributed by atoms with Crippen LogP contribution in [-0.2, 0) is 10.8 Å². The van der Waals surface area contributed by atoms with Gasteiger partial charge < -0.3 is 5.32 Å². The average Bonchev–Trinajstić information content (AvgIpc) is 2.89. The third kappa shape index (κ3) is 4.27. The Morgan fingerprint density at radius 2 is 1.90 bits per heavy atom. The average molecular weight is 368 g/mol. The van der Waals surface area contributed by atoms with Gasteiger partial charge in [0.25, 0.3) is 0 Å². The summed E-state index contributed by atoms with van der Waals surface area (Å²) < 4.78 is 0.818. The Morgan fingerprint density at radius 1 is 1.19 bits per heavy atom. The third-order valence-electron chi connectivity index (χ3n) is 3.27. The van der Waals surface area contributed by atoms with Gasteiger partial charge in [-0.05, 0) is 27.4 Å². The monoisotopic (exact) mass is 367 g/mol. The molecule has 3 nitrogen and oxygen atoms in total. The summed E-state index contributed by atoms with van der Waals surface area (Å²) in [4.78, 5) is 10.5. The molecule has 0 amide bonds. The Morgan fingerprint density at radius 3 is 2.48 bits per heavy atom. The number of nitrogens with one attached hydrogen (secondary N) is 1. The first kappa shape index (κ1) is 16.4. The van der Waals surface area contributed by atoms with E-state index in [1.54, 1.807) is 11.3 Å². The molecular weight excluding hydrogens is 346 g/mol. The van der Waals surface area contributed by atoms with E-state index in [1.165, 1.54) is 4.88 Å². The molecule has 2 rings (SSSR count). The fourth-order valence-corrected chi connectivity index (χ4v) is 3.14. The van der Waals surface area contributed by atoms with Crippen LogP contribution in [0.2, 0.25) is 0 Å². The van der Waals surface area contributed by atoms with E-state index in [0.717, 1.165) is 22.8 Å². The van der Waals surface area contributed by atoms with E-state index in [0.29, 0.717) is 0 Å². The molecule has 1 N–H and O–H groups in total. The summed E-state index contributed by atoms with van der Waals surface area (Å²) in [6.45, 7) is 11.7. The molecule has 2 aromatic heterocycles. The Hall–Kier alpha value is -0.940. The predicted molar refractivity (Wildman–Crippen MR) is 94.3 cm³/mol. The molecule has 0 atom stereocenters. The smallest absolute Gasteiger partial charge is 0.137 e. The molecule has 0 aliphatic rings. The molecule has 2 heterocycles. The number of rotatable bonds is 4. The van der Waals surface area contributed by atoms with Crippen molar-refractivity contribution in [3.8, 4) is 0 Å². The van der Waals surface area contributed by atoms with Crippen molar-refractivity contribution < 1.29 is 0 Å². The fourth-order valence-electron chi connectivity index (χ4n) is 1.91. The molecule has 114 valence electrons. The number of hydrogen-bond donors (Lipinski definition) is 1. The first-order chi connectivity index (χ1) is 9.68. The van der Waals surface area contributed by atoms with Crippen LogP contribution in [0.25, 0.3) is 0 Å². The second kappa shape index (κ2) is 6.05. The number of aromatic nitrogens is 2. The van der Waals surface area contributed by atoms with Crippen molar-refractivity contribution in [3.05, 3.63) is 38.9 Å². The molecule has 0 bridgehead atoms. The Labute approximate surface area is 139 Å². The van der Waals surface area contributed by atoms with E-state index in [1.807, 2.05) is 6.07 Å². The van der Waals surface area contributed by atoms with Crippen LogP contribution in [-0.4, -0.2) is 16.5 Å². The van der Waals surface area contributed by atoms with Crippen LogP contribution in [0.1, 0.15) is 45.3 Å². The molecule has 0 radical (unpaired) electrons. The maximum Gasteiger partial charge on any atom is 0.137 e. The van der Waals surface area contributed by atoms with Crippen molar-refractivity contribution >= 4 is 33.1 Å². The van der Waals surface area contributed by atoms with E-state index in [-0.39, 0.29) is 10.8 Å². The minimum Gasteiger partial charge on any atom is -0.369 e. The summed E-state index contributed by atoms with van der Waals surface area (Å²) in [5, 5.41) is 5.57. The molecule has 0 unspecified atom stereocenters. The molecule has 2 aromatic rings. The highest BCUT2D eigenvalue weighted by atomic mass is 79.9. The predicted octanol–water partition coefficient (Wildman–Crippen LogP) is 4.99. The largest absolute Gasteiger partial charge is 0.369 e. The van der Waals surface area contributed by atoms with E-state index < -0.39 is 0 Å². The Bertz CT molecular complexity index is 600. The fraction of sp³-hybridized carbons (Fsp3) is 0.500. The van der Waals surface area contributed by atoms with Gasteiger partial charge in [-0.3, -0.25) is 0 Å². The van der Waals surface area contributed by atoms with Gasteiger partial charge in [-0.25, -0.2) is 9.97 Å². The first-order valence-electron chi connectivity index (χ1n) is 7.01. The molecule has 0 spiro atoms. The molecule has 0 aromatic carbocycles. The summed E-state index contributed by atoms with van der Waals surface area (Å²) >= 11 is 5.27. The standard InChI is InChI=1S/C16H22BrN3S/c1-15(2,3)14-19-12(17)9-13(20-14)18-10-16(4,5)11-7-6-8-21-11/h6-9H,10H2,1-5H3,(H,18,19,20). The van der Waals surface area contributed by atoms with Crippen molar-refractivity contribution in [2.24, 2.45) is 0 Å². The summed E-state index contributed by atoms with van der Waals surface area (Å²) in [5.41, 5.74) is 0.0109. The lowest BCUT2D eigenvalue weighted by atomic mass is 9.91. The molecular formula is C16H22BrN3S. The van der Waals surface area contributed by atoms with E-state index in [4.69, 9.17) is 0 Å². The van der Waals surface area contributed by atoms with Crippen molar-refractivity contribution in [1.82, 2.24) is 9.97 Å². The highest BCUT2D eigenvalue weighted by molar-refractivity contribution is 9.10. The van der Waals surface area contributed by atoms with Gasteiger partial charge >= 0.3 is 0 Å². The van der Waals surface area contributed by atoms with Gasteiger partial charge in [0.1, 0.15) is 16.2 Å². The van der Waals surface area contributed by atoms with Crippen LogP contribution in [0.4, 0.5) is 5.82 Å². The van der Waals surface area contributed by atoms with E-state index in [2.05, 4.69) is 83.3 Å². The topological polar surface area (TPSA) is 37.8 Å². The molecule has 0 fully saturated rings. The van der Waals surface area contributed by atoms with Gasteiger partial charge in [0.05, 0.1) is 0 Å². The van der Waals surface area contributed by atoms with Crippen molar-refractivity contribution in [1.29, 1.82) is 0 Å². The van der Waals surface area contributed by atoms with E-state index >= 15 is 0 Å². The van der Waals surface area contributed by atoms with Crippen molar-refractivity contribution in [2.75, 3.05) is 11.9 Å². The van der Waals surface area contributed by atoms with Crippen LogP contribution in [0.15, 0.2) is 28.2 Å². The lowest BCUT2D eigenvalue weighted by molar-refractivity contribution is 0.541. The molecule has 0 aliphatic heterocycles. The Balaban J connectivity index is 2.15. The quantitative estimate of drug-likeness (QED) is 0.773. The highest BCUT2D eigenvalue weighted by Crippen LogP contribution is 2.28. The van der Waals surface area contributed by atoms with Gasteiger partial charge in [-0.2, -0.15) is 0 Å². The zero-order valence-electron chi connectivity index (χ0n) is 13.2. The number of hydrogen-bond acceptors (Lipinski definition) is 4. The lowest BCUT2D eigenvalue weighted by Crippen LogP contribution is -2.27. The van der Waals surface area contributed by atoms with Gasteiger partial charge in [-0.1, -0.05) is 40.7 Å². The van der Waals surface area contributed by atoms with E-state index in [9.17, 15) is 0 Å². The zero-order valence-corrected chi connectivity index (χ0v) is 15.6. The second-order valence-corrected chi connectivity index (χ2v) is 8.62. The van der Waals surface area contributed by atoms with Crippen LogP contribution in [0, 0.1) is 0 Å². The van der Waals surface area contributed by atoms with Crippen LogP contribution < -0.4 is 5.32 Å². The maximum atomic E-state index is 4.64. The van der Waals surface area contributed by atoms with Crippen LogP contribution >= 0.6 is 27.3 Å². The summed E-state index contributed by atoms with van der Waals surface area (Å²) in [6, 6.07) is 6.21. The second-order valence-electron chi connectivity index (χ2n) is 6.86. The maximum absolute atomic E-state index is 4.64. The van der Waals surface area contributed by atoms with Crippen LogP contribution in [0.3, 0.4) is 0 Å². The minimum atomic E-state index is -0.0660. The number of halogens is 1. The minimum absolute atomic E-state index is 0.0660. The first-order valence-corrected chi connectivity index (χ1v) is 8.69. The molecule has 5 heteroatoms. The van der Waals surface area contributed by atoms with Crippen LogP contribution in [0.5, 0.6) is 0 Å². The summed E-state index contributed by atoms with van der Waals surface area (Å²) in [6.07, 6.45) is 0. The molecule has 0 saturated carbocycles. The molecule has 0 aliphatic carbocycles. The summed E-state index contributed by atoms with van der Waals surface area (Å²) in [5.74, 6) is 1.71. The van der Waals surface area contributed by atoms with Gasteiger partial charge in [0.15, 0.2) is 0 Å². The molecule has 21 heavy (non-hydrogen) atoms. The highest BCUT2D eigenvalue weighted by Gasteiger charge is 2.23. The number of nitrogens with zero attached hydrogens (tertiary/aromatic N) is 2. The third-order valence-corrected chi connectivity index (χ3v) is 4.91.